The molecule has 28 heavy (non-hydrogen) atoms. The molecule has 2 aromatic carbocycles. The number of carbonyl (C=O) groups is 2. The van der Waals surface area contributed by atoms with Gasteiger partial charge in [0.15, 0.2) is 11.6 Å². The van der Waals surface area contributed by atoms with Crippen LogP contribution in [0.3, 0.4) is 0 Å². The summed E-state index contributed by atoms with van der Waals surface area (Å²) in [6.45, 7) is 0. The predicted molar refractivity (Wildman–Crippen MR) is 103 cm³/mol. The van der Waals surface area contributed by atoms with E-state index < -0.39 is 35.5 Å². The Kier molecular flexibility index (Phi) is 6.38. The first-order chi connectivity index (χ1) is 13.4. The molecule has 3 atom stereocenters. The third-order valence-electron chi connectivity index (χ3n) is 4.56. The zero-order valence-electron chi connectivity index (χ0n) is 14.9. The Morgan fingerprint density at radius 1 is 1.11 bits per heavy atom. The minimum atomic E-state index is -1.14. The molecule has 0 spiro atoms. The highest BCUT2D eigenvalue weighted by Gasteiger charge is 2.33. The summed E-state index contributed by atoms with van der Waals surface area (Å²) in [6.07, 6.45) is 0.464. The van der Waals surface area contributed by atoms with E-state index in [1.807, 2.05) is 24.3 Å². The molecule has 0 aromatic heterocycles. The number of halogens is 3. The lowest BCUT2D eigenvalue weighted by molar-refractivity contribution is -0.129. The summed E-state index contributed by atoms with van der Waals surface area (Å²) in [5, 5.41) is 5.03. The number of amides is 2. The topological polar surface area (TPSA) is 82.3 Å². The van der Waals surface area contributed by atoms with Gasteiger partial charge in [-0.05, 0) is 41.8 Å². The van der Waals surface area contributed by atoms with E-state index in [9.17, 15) is 18.4 Å². The van der Waals surface area contributed by atoms with E-state index in [4.69, 9.17) is 0 Å². The van der Waals surface area contributed by atoms with Crippen LogP contribution in [0.15, 0.2) is 46.9 Å². The van der Waals surface area contributed by atoms with Crippen molar-refractivity contribution in [1.29, 1.82) is 0 Å². The van der Waals surface area contributed by atoms with E-state index in [0.717, 1.165) is 22.2 Å². The predicted octanol–water partition coefficient (Wildman–Crippen LogP) is 2.24. The van der Waals surface area contributed by atoms with E-state index in [2.05, 4.69) is 37.4 Å². The summed E-state index contributed by atoms with van der Waals surface area (Å²) in [7, 11) is 1.40. The van der Waals surface area contributed by atoms with Gasteiger partial charge in [-0.15, -0.1) is 0 Å². The molecule has 1 heterocycles. The quantitative estimate of drug-likeness (QED) is 0.560. The van der Waals surface area contributed by atoms with Gasteiger partial charge in [0, 0.05) is 17.6 Å². The van der Waals surface area contributed by atoms with Crippen molar-refractivity contribution in [3.63, 3.8) is 0 Å². The lowest BCUT2D eigenvalue weighted by atomic mass is 10.0. The molecule has 1 aliphatic heterocycles. The standard InChI is InChI=1S/C19H19BrF2N4O2/c1-23-19(28)17(11-4-7-13(21)14(22)8-11)24-18(27)16-9-15(25-26-16)10-2-5-12(20)6-3-10/h2-8,15-17,25-26H,9H2,1H3,(H,23,28)(H,24,27). The summed E-state index contributed by atoms with van der Waals surface area (Å²) >= 11 is 3.38. The van der Waals surface area contributed by atoms with Crippen LogP contribution in [0.5, 0.6) is 0 Å². The molecule has 1 saturated heterocycles. The zero-order chi connectivity index (χ0) is 20.3. The van der Waals surface area contributed by atoms with Crippen LogP contribution in [-0.2, 0) is 9.59 Å². The maximum absolute atomic E-state index is 13.6. The Bertz CT molecular complexity index is 879. The van der Waals surface area contributed by atoms with Gasteiger partial charge >= 0.3 is 0 Å². The number of likely N-dealkylation sites (N-methyl/N-ethyl adjacent to an activating group) is 1. The van der Waals surface area contributed by atoms with Gasteiger partial charge in [-0.3, -0.25) is 9.59 Å². The Hall–Kier alpha value is -2.36. The first-order valence-electron chi connectivity index (χ1n) is 8.62. The van der Waals surface area contributed by atoms with Crippen molar-refractivity contribution >= 4 is 27.7 Å². The number of rotatable bonds is 5. The lowest BCUT2D eigenvalue weighted by Gasteiger charge is -2.20. The monoisotopic (exact) mass is 452 g/mol. The molecule has 3 rings (SSSR count). The molecule has 0 radical (unpaired) electrons. The summed E-state index contributed by atoms with van der Waals surface area (Å²) in [5.74, 6) is -3.07. The van der Waals surface area contributed by atoms with Crippen LogP contribution in [0.4, 0.5) is 8.78 Å². The largest absolute Gasteiger partial charge is 0.357 e. The normalized spacial score (nSPS) is 19.9. The van der Waals surface area contributed by atoms with Crippen molar-refractivity contribution in [2.24, 2.45) is 0 Å². The van der Waals surface area contributed by atoms with Crippen molar-refractivity contribution in [2.45, 2.75) is 24.5 Å². The number of carbonyl (C=O) groups excluding carboxylic acids is 2. The summed E-state index contributed by atoms with van der Waals surface area (Å²) in [5.41, 5.74) is 7.14. The highest BCUT2D eigenvalue weighted by molar-refractivity contribution is 9.10. The maximum Gasteiger partial charge on any atom is 0.246 e. The van der Waals surface area contributed by atoms with Crippen molar-refractivity contribution in [3.8, 4) is 0 Å². The van der Waals surface area contributed by atoms with E-state index in [1.165, 1.54) is 13.1 Å². The smallest absolute Gasteiger partial charge is 0.246 e. The molecule has 2 amide bonds. The van der Waals surface area contributed by atoms with Gasteiger partial charge in [-0.2, -0.15) is 0 Å². The molecule has 6 nitrogen and oxygen atoms in total. The van der Waals surface area contributed by atoms with E-state index in [1.54, 1.807) is 0 Å². The minimum Gasteiger partial charge on any atom is -0.357 e. The minimum absolute atomic E-state index is 0.0782. The van der Waals surface area contributed by atoms with Crippen LogP contribution in [-0.4, -0.2) is 24.9 Å². The van der Waals surface area contributed by atoms with Gasteiger partial charge in [0.05, 0.1) is 0 Å². The average Bonchev–Trinajstić information content (AvgIpc) is 3.18. The molecule has 0 saturated carbocycles. The van der Waals surface area contributed by atoms with Gasteiger partial charge in [0.1, 0.15) is 12.1 Å². The summed E-state index contributed by atoms with van der Waals surface area (Å²) in [4.78, 5) is 24.9. The average molecular weight is 453 g/mol. The Labute approximate surface area is 169 Å². The summed E-state index contributed by atoms with van der Waals surface area (Å²) in [6, 6.07) is 8.99. The number of nitrogens with one attached hydrogen (secondary N) is 4. The van der Waals surface area contributed by atoms with Crippen LogP contribution in [0.2, 0.25) is 0 Å². The molecule has 2 aromatic rings. The number of hydrazine groups is 1. The van der Waals surface area contributed by atoms with Crippen LogP contribution in [0, 0.1) is 11.6 Å². The molecule has 0 aliphatic carbocycles. The number of hydrogen-bond donors (Lipinski definition) is 4. The highest BCUT2D eigenvalue weighted by atomic mass is 79.9. The first-order valence-corrected chi connectivity index (χ1v) is 9.41. The molecule has 1 aliphatic rings. The molecular formula is C19H19BrF2N4O2. The maximum atomic E-state index is 13.6. The Morgan fingerprint density at radius 2 is 1.82 bits per heavy atom. The second-order valence-electron chi connectivity index (χ2n) is 6.41. The fourth-order valence-corrected chi connectivity index (χ4v) is 3.29. The van der Waals surface area contributed by atoms with Crippen molar-refractivity contribution < 1.29 is 18.4 Å². The summed E-state index contributed by atoms with van der Waals surface area (Å²) < 4.78 is 27.7. The highest BCUT2D eigenvalue weighted by Crippen LogP contribution is 2.24. The SMILES string of the molecule is CNC(=O)C(NC(=O)C1CC(c2ccc(Br)cc2)NN1)c1ccc(F)c(F)c1. The molecule has 148 valence electrons. The zero-order valence-corrected chi connectivity index (χ0v) is 16.5. The van der Waals surface area contributed by atoms with Crippen LogP contribution >= 0.6 is 15.9 Å². The van der Waals surface area contributed by atoms with Crippen LogP contribution < -0.4 is 21.5 Å². The van der Waals surface area contributed by atoms with Crippen molar-refractivity contribution in [3.05, 3.63) is 69.7 Å². The molecular weight excluding hydrogens is 434 g/mol. The van der Waals surface area contributed by atoms with Crippen LogP contribution in [0.25, 0.3) is 0 Å². The fraction of sp³-hybridized carbons (Fsp3) is 0.263. The molecule has 0 bridgehead atoms. The third kappa shape index (κ3) is 4.54. The molecule has 1 fully saturated rings. The third-order valence-corrected chi connectivity index (χ3v) is 5.09. The second-order valence-corrected chi connectivity index (χ2v) is 7.33. The second kappa shape index (κ2) is 8.76. The molecule has 9 heteroatoms. The van der Waals surface area contributed by atoms with Gasteiger partial charge in [-0.25, -0.2) is 19.6 Å². The van der Waals surface area contributed by atoms with E-state index >= 15 is 0 Å². The van der Waals surface area contributed by atoms with Crippen molar-refractivity contribution in [2.75, 3.05) is 7.05 Å². The Morgan fingerprint density at radius 3 is 2.46 bits per heavy atom. The van der Waals surface area contributed by atoms with Gasteiger partial charge in [0.2, 0.25) is 11.8 Å². The van der Waals surface area contributed by atoms with Crippen molar-refractivity contribution in [1.82, 2.24) is 21.5 Å². The fourth-order valence-electron chi connectivity index (χ4n) is 3.02. The molecule has 3 unspecified atom stereocenters. The van der Waals surface area contributed by atoms with E-state index in [-0.39, 0.29) is 11.6 Å². The van der Waals surface area contributed by atoms with Gasteiger partial charge < -0.3 is 10.6 Å². The molecule has 4 N–H and O–H groups in total. The Balaban J connectivity index is 1.71. The van der Waals surface area contributed by atoms with E-state index in [0.29, 0.717) is 6.42 Å². The van der Waals surface area contributed by atoms with Gasteiger partial charge in [-0.1, -0.05) is 34.1 Å². The number of benzene rings is 2. The van der Waals surface area contributed by atoms with Gasteiger partial charge in [0.25, 0.3) is 0 Å². The van der Waals surface area contributed by atoms with Crippen LogP contribution in [0.1, 0.15) is 29.6 Å². The lowest BCUT2D eigenvalue weighted by Crippen LogP contribution is -2.47. The first kappa shape index (κ1) is 20.4. The number of hydrogen-bond acceptors (Lipinski definition) is 4.